The van der Waals surface area contributed by atoms with E-state index in [9.17, 15) is 19.5 Å². The summed E-state index contributed by atoms with van der Waals surface area (Å²) in [5, 5.41) is 12.1. The summed E-state index contributed by atoms with van der Waals surface area (Å²) in [6.45, 7) is 4.22. The van der Waals surface area contributed by atoms with E-state index in [4.69, 9.17) is 4.74 Å². The molecule has 1 heterocycles. The molecule has 7 nitrogen and oxygen atoms in total. The number of likely N-dealkylation sites (tertiary alicyclic amines) is 1. The SMILES string of the molecule is CC(CC(=O)N1CCC(C)(C(=O)O)C1)NC(=O)OCC1c2ccccc2-c2ccccc21. The van der Waals surface area contributed by atoms with Gasteiger partial charge in [-0.05, 0) is 42.5 Å². The van der Waals surface area contributed by atoms with E-state index in [-0.39, 0.29) is 31.4 Å². The lowest BCUT2D eigenvalue weighted by Gasteiger charge is -2.22. The van der Waals surface area contributed by atoms with E-state index < -0.39 is 23.5 Å². The second-order valence-electron chi connectivity index (χ2n) is 9.01. The van der Waals surface area contributed by atoms with E-state index in [0.717, 1.165) is 22.3 Å². The summed E-state index contributed by atoms with van der Waals surface area (Å²) in [4.78, 5) is 37.9. The van der Waals surface area contributed by atoms with E-state index in [0.29, 0.717) is 13.0 Å². The Morgan fingerprint density at radius 1 is 1.12 bits per heavy atom. The molecule has 0 aromatic heterocycles. The van der Waals surface area contributed by atoms with Gasteiger partial charge in [0.15, 0.2) is 0 Å². The number of aliphatic carboxylic acids is 1. The van der Waals surface area contributed by atoms with Gasteiger partial charge < -0.3 is 20.1 Å². The predicted molar refractivity (Wildman–Crippen MR) is 119 cm³/mol. The topological polar surface area (TPSA) is 95.9 Å². The molecule has 2 unspecified atom stereocenters. The molecule has 2 N–H and O–H groups in total. The number of benzene rings is 2. The van der Waals surface area contributed by atoms with Gasteiger partial charge in [-0.3, -0.25) is 9.59 Å². The number of carboxylic acids is 1. The molecule has 1 aliphatic carbocycles. The molecular weight excluding hydrogens is 408 g/mol. The van der Waals surface area contributed by atoms with Crippen molar-refractivity contribution in [3.63, 3.8) is 0 Å². The smallest absolute Gasteiger partial charge is 0.407 e. The Labute approximate surface area is 187 Å². The third-order valence-corrected chi connectivity index (χ3v) is 6.53. The molecule has 7 heteroatoms. The van der Waals surface area contributed by atoms with E-state index >= 15 is 0 Å². The average molecular weight is 437 g/mol. The van der Waals surface area contributed by atoms with Crippen molar-refractivity contribution in [3.8, 4) is 11.1 Å². The lowest BCUT2D eigenvalue weighted by Crippen LogP contribution is -2.40. The Bertz CT molecular complexity index is 1010. The van der Waals surface area contributed by atoms with Gasteiger partial charge >= 0.3 is 12.1 Å². The van der Waals surface area contributed by atoms with Gasteiger partial charge in [0.25, 0.3) is 0 Å². The Balaban J connectivity index is 1.30. The van der Waals surface area contributed by atoms with Gasteiger partial charge in [-0.2, -0.15) is 0 Å². The van der Waals surface area contributed by atoms with Gasteiger partial charge in [0.05, 0.1) is 5.41 Å². The van der Waals surface area contributed by atoms with Crippen molar-refractivity contribution in [2.45, 2.75) is 38.6 Å². The lowest BCUT2D eigenvalue weighted by molar-refractivity contribution is -0.147. The second kappa shape index (κ2) is 8.65. The molecule has 0 radical (unpaired) electrons. The number of nitrogens with zero attached hydrogens (tertiary/aromatic N) is 1. The zero-order valence-corrected chi connectivity index (χ0v) is 18.3. The Morgan fingerprint density at radius 2 is 1.72 bits per heavy atom. The fourth-order valence-corrected chi connectivity index (χ4v) is 4.63. The first-order chi connectivity index (χ1) is 15.3. The predicted octanol–water partition coefficient (Wildman–Crippen LogP) is 3.63. The van der Waals surface area contributed by atoms with E-state index in [2.05, 4.69) is 29.6 Å². The van der Waals surface area contributed by atoms with Crippen LogP contribution in [0.4, 0.5) is 4.79 Å². The third kappa shape index (κ3) is 4.20. The molecule has 0 bridgehead atoms. The van der Waals surface area contributed by atoms with Gasteiger partial charge in [-0.1, -0.05) is 48.5 Å². The second-order valence-corrected chi connectivity index (χ2v) is 9.01. The Kier molecular flexibility index (Phi) is 5.91. The molecule has 2 amide bonds. The summed E-state index contributed by atoms with van der Waals surface area (Å²) in [5.41, 5.74) is 3.70. The quantitative estimate of drug-likeness (QED) is 0.721. The van der Waals surface area contributed by atoms with Crippen molar-refractivity contribution >= 4 is 18.0 Å². The molecule has 2 aliphatic rings. The van der Waals surface area contributed by atoms with E-state index in [1.807, 2.05) is 24.3 Å². The maximum Gasteiger partial charge on any atom is 0.407 e. The number of carbonyl (C=O) groups is 3. The highest BCUT2D eigenvalue weighted by atomic mass is 16.5. The summed E-state index contributed by atoms with van der Waals surface area (Å²) < 4.78 is 5.53. The van der Waals surface area contributed by atoms with Crippen molar-refractivity contribution in [2.75, 3.05) is 19.7 Å². The van der Waals surface area contributed by atoms with Crippen LogP contribution < -0.4 is 5.32 Å². The normalized spacial score (nSPS) is 20.4. The fraction of sp³-hybridized carbons (Fsp3) is 0.400. The molecule has 2 aromatic rings. The summed E-state index contributed by atoms with van der Waals surface area (Å²) in [6, 6.07) is 15.8. The molecule has 0 spiro atoms. The number of amides is 2. The number of alkyl carbamates (subject to hydrolysis) is 1. The molecule has 1 saturated heterocycles. The maximum atomic E-state index is 12.5. The monoisotopic (exact) mass is 436 g/mol. The maximum absolute atomic E-state index is 12.5. The summed E-state index contributed by atoms with van der Waals surface area (Å²) in [5.74, 6) is -1.08. The minimum absolute atomic E-state index is 0.0246. The molecular formula is C25H28N2O5. The number of hydrogen-bond acceptors (Lipinski definition) is 4. The Hall–Kier alpha value is -3.35. The Morgan fingerprint density at radius 3 is 2.28 bits per heavy atom. The minimum Gasteiger partial charge on any atom is -0.481 e. The van der Waals surface area contributed by atoms with Crippen LogP contribution in [-0.2, 0) is 14.3 Å². The average Bonchev–Trinajstić information content (AvgIpc) is 3.32. The standard InChI is InChI=1S/C25H28N2O5/c1-16(13-22(28)27-12-11-25(2,15-27)23(29)30)26-24(31)32-14-21-19-9-5-3-7-17(19)18-8-4-6-10-20(18)21/h3-10,16,21H,11-15H2,1-2H3,(H,26,31)(H,29,30). The first-order valence-electron chi connectivity index (χ1n) is 10.9. The zero-order valence-electron chi connectivity index (χ0n) is 18.3. The number of ether oxygens (including phenoxy) is 1. The number of hydrogen-bond donors (Lipinski definition) is 2. The first-order valence-corrected chi connectivity index (χ1v) is 10.9. The molecule has 1 aliphatic heterocycles. The highest BCUT2D eigenvalue weighted by Gasteiger charge is 2.42. The van der Waals surface area contributed by atoms with Gasteiger partial charge in [0.1, 0.15) is 6.61 Å². The zero-order chi connectivity index (χ0) is 22.9. The van der Waals surface area contributed by atoms with Gasteiger partial charge in [-0.15, -0.1) is 0 Å². The largest absolute Gasteiger partial charge is 0.481 e. The minimum atomic E-state index is -0.904. The summed E-state index contributed by atoms with van der Waals surface area (Å²) in [6.07, 6.45) is -0.0359. The van der Waals surface area contributed by atoms with E-state index in [1.165, 1.54) is 0 Å². The van der Waals surface area contributed by atoms with Crippen molar-refractivity contribution in [1.82, 2.24) is 10.2 Å². The van der Waals surface area contributed by atoms with Crippen LogP contribution in [0.2, 0.25) is 0 Å². The van der Waals surface area contributed by atoms with Gasteiger partial charge in [0, 0.05) is 31.5 Å². The molecule has 32 heavy (non-hydrogen) atoms. The lowest BCUT2D eigenvalue weighted by atomic mass is 9.90. The molecule has 0 saturated carbocycles. The van der Waals surface area contributed by atoms with Crippen molar-refractivity contribution < 1.29 is 24.2 Å². The van der Waals surface area contributed by atoms with Crippen LogP contribution in [0.25, 0.3) is 11.1 Å². The van der Waals surface area contributed by atoms with Crippen LogP contribution in [0.3, 0.4) is 0 Å². The van der Waals surface area contributed by atoms with Gasteiger partial charge in [0.2, 0.25) is 5.91 Å². The van der Waals surface area contributed by atoms with Crippen LogP contribution >= 0.6 is 0 Å². The third-order valence-electron chi connectivity index (χ3n) is 6.53. The highest BCUT2D eigenvalue weighted by molar-refractivity contribution is 5.81. The number of rotatable bonds is 6. The van der Waals surface area contributed by atoms with Crippen LogP contribution in [-0.4, -0.2) is 53.7 Å². The fourth-order valence-electron chi connectivity index (χ4n) is 4.63. The van der Waals surface area contributed by atoms with Gasteiger partial charge in [-0.25, -0.2) is 4.79 Å². The van der Waals surface area contributed by atoms with Crippen LogP contribution in [0.1, 0.15) is 43.7 Å². The highest BCUT2D eigenvalue weighted by Crippen LogP contribution is 2.44. The summed E-state index contributed by atoms with van der Waals surface area (Å²) >= 11 is 0. The van der Waals surface area contributed by atoms with Crippen LogP contribution in [0, 0.1) is 5.41 Å². The molecule has 2 atom stereocenters. The number of nitrogens with one attached hydrogen (secondary N) is 1. The molecule has 1 fully saturated rings. The van der Waals surface area contributed by atoms with Crippen molar-refractivity contribution in [1.29, 1.82) is 0 Å². The van der Waals surface area contributed by atoms with Crippen LogP contribution in [0.15, 0.2) is 48.5 Å². The van der Waals surface area contributed by atoms with Crippen molar-refractivity contribution in [2.24, 2.45) is 5.41 Å². The molecule has 4 rings (SSSR count). The molecule has 168 valence electrons. The van der Waals surface area contributed by atoms with Crippen LogP contribution in [0.5, 0.6) is 0 Å². The summed E-state index contributed by atoms with van der Waals surface area (Å²) in [7, 11) is 0. The number of carboxylic acid groups (broad SMARTS) is 1. The number of fused-ring (bicyclic) bond motifs is 3. The molecule has 2 aromatic carbocycles. The number of carbonyl (C=O) groups excluding carboxylic acids is 2. The van der Waals surface area contributed by atoms with E-state index in [1.54, 1.807) is 18.7 Å². The van der Waals surface area contributed by atoms with Crippen molar-refractivity contribution in [3.05, 3.63) is 59.7 Å². The first kappa shape index (κ1) is 21.9.